The molecular formula is C11H18N4. The zero-order chi connectivity index (χ0) is 11.5. The van der Waals surface area contributed by atoms with Gasteiger partial charge >= 0.3 is 0 Å². The van der Waals surface area contributed by atoms with Gasteiger partial charge < -0.3 is 5.73 Å². The van der Waals surface area contributed by atoms with Crippen LogP contribution in [-0.4, -0.2) is 15.8 Å². The minimum atomic E-state index is -0.0852. The third kappa shape index (κ3) is 3.65. The molecule has 0 fully saturated rings. The van der Waals surface area contributed by atoms with E-state index in [2.05, 4.69) is 15.0 Å². The number of aliphatic imine (C=N–C) groups is 1. The Hall–Kier alpha value is -1.45. The predicted molar refractivity (Wildman–Crippen MR) is 61.6 cm³/mol. The fourth-order valence-electron chi connectivity index (χ4n) is 0.904. The summed E-state index contributed by atoms with van der Waals surface area (Å²) in [7, 11) is 0. The quantitative estimate of drug-likeness (QED) is 0.591. The number of nitrogens with zero attached hydrogens (tertiary/aromatic N) is 3. The molecule has 0 bridgehead atoms. The van der Waals surface area contributed by atoms with Crippen LogP contribution in [0.1, 0.15) is 32.2 Å². The van der Waals surface area contributed by atoms with Crippen LogP contribution in [0, 0.1) is 12.3 Å². The molecule has 0 aliphatic carbocycles. The van der Waals surface area contributed by atoms with Crippen molar-refractivity contribution in [3.63, 3.8) is 0 Å². The van der Waals surface area contributed by atoms with Gasteiger partial charge in [0.15, 0.2) is 0 Å². The molecule has 1 aromatic heterocycles. The molecule has 0 aliphatic heterocycles. The molecule has 0 saturated carbocycles. The normalized spacial score (nSPS) is 12.9. The first-order valence-corrected chi connectivity index (χ1v) is 4.97. The molecule has 0 saturated heterocycles. The SMILES string of the molecule is Cc1cnc(CN=C(N)C(C)(C)C)cn1. The van der Waals surface area contributed by atoms with Crippen molar-refractivity contribution in [3.05, 3.63) is 23.8 Å². The van der Waals surface area contributed by atoms with Crippen LogP contribution in [-0.2, 0) is 6.54 Å². The van der Waals surface area contributed by atoms with Gasteiger partial charge in [0.1, 0.15) is 0 Å². The van der Waals surface area contributed by atoms with Gasteiger partial charge in [-0.25, -0.2) is 0 Å². The first kappa shape index (κ1) is 11.6. The lowest BCUT2D eigenvalue weighted by Gasteiger charge is -2.17. The maximum absolute atomic E-state index is 5.83. The summed E-state index contributed by atoms with van der Waals surface area (Å²) in [6, 6.07) is 0. The highest BCUT2D eigenvalue weighted by molar-refractivity contribution is 5.85. The fraction of sp³-hybridized carbons (Fsp3) is 0.545. The maximum Gasteiger partial charge on any atom is 0.0996 e. The Kier molecular flexibility index (Phi) is 3.39. The molecule has 4 heteroatoms. The van der Waals surface area contributed by atoms with E-state index < -0.39 is 0 Å². The van der Waals surface area contributed by atoms with Crippen molar-refractivity contribution in [2.75, 3.05) is 0 Å². The molecule has 0 spiro atoms. The molecule has 82 valence electrons. The molecule has 0 aliphatic rings. The average Bonchev–Trinajstić information content (AvgIpc) is 2.15. The standard InChI is InChI=1S/C11H18N4/c1-8-5-14-9(6-13-8)7-15-10(12)11(2,3)4/h5-6H,7H2,1-4H3,(H2,12,15). The van der Waals surface area contributed by atoms with E-state index in [1.807, 2.05) is 27.7 Å². The summed E-state index contributed by atoms with van der Waals surface area (Å²) in [6.45, 7) is 8.51. The Morgan fingerprint density at radius 3 is 2.47 bits per heavy atom. The van der Waals surface area contributed by atoms with Crippen molar-refractivity contribution in [3.8, 4) is 0 Å². The van der Waals surface area contributed by atoms with Crippen molar-refractivity contribution >= 4 is 5.84 Å². The molecule has 15 heavy (non-hydrogen) atoms. The van der Waals surface area contributed by atoms with Gasteiger partial charge in [-0.2, -0.15) is 0 Å². The summed E-state index contributed by atoms with van der Waals surface area (Å²) in [5.74, 6) is 0.643. The highest BCUT2D eigenvalue weighted by atomic mass is 14.9. The fourth-order valence-corrected chi connectivity index (χ4v) is 0.904. The molecule has 0 radical (unpaired) electrons. The number of nitrogens with two attached hydrogens (primary N) is 1. The number of hydrogen-bond acceptors (Lipinski definition) is 3. The van der Waals surface area contributed by atoms with Gasteiger partial charge in [0.2, 0.25) is 0 Å². The molecule has 1 heterocycles. The Labute approximate surface area is 90.7 Å². The van der Waals surface area contributed by atoms with Crippen LogP contribution in [0.5, 0.6) is 0 Å². The predicted octanol–water partition coefficient (Wildman–Crippen LogP) is 1.69. The average molecular weight is 206 g/mol. The largest absolute Gasteiger partial charge is 0.387 e. The van der Waals surface area contributed by atoms with Gasteiger partial charge in [0.05, 0.1) is 30.0 Å². The van der Waals surface area contributed by atoms with E-state index in [9.17, 15) is 0 Å². The van der Waals surface area contributed by atoms with Gasteiger partial charge in [0.25, 0.3) is 0 Å². The zero-order valence-electron chi connectivity index (χ0n) is 9.78. The van der Waals surface area contributed by atoms with Crippen LogP contribution in [0.15, 0.2) is 17.4 Å². The maximum atomic E-state index is 5.83. The van der Waals surface area contributed by atoms with E-state index >= 15 is 0 Å². The molecule has 2 N–H and O–H groups in total. The van der Waals surface area contributed by atoms with Crippen LogP contribution >= 0.6 is 0 Å². The highest BCUT2D eigenvalue weighted by Crippen LogP contribution is 2.13. The highest BCUT2D eigenvalue weighted by Gasteiger charge is 2.14. The van der Waals surface area contributed by atoms with E-state index in [1.54, 1.807) is 12.4 Å². The van der Waals surface area contributed by atoms with Crippen LogP contribution in [0.3, 0.4) is 0 Å². The van der Waals surface area contributed by atoms with E-state index in [0.29, 0.717) is 12.4 Å². The summed E-state index contributed by atoms with van der Waals surface area (Å²) in [5, 5.41) is 0. The summed E-state index contributed by atoms with van der Waals surface area (Å²) in [4.78, 5) is 12.6. The molecular weight excluding hydrogens is 188 g/mol. The first-order chi connectivity index (χ1) is 6.89. The smallest absolute Gasteiger partial charge is 0.0996 e. The molecule has 0 atom stereocenters. The third-order valence-corrected chi connectivity index (χ3v) is 2.01. The van der Waals surface area contributed by atoms with Crippen molar-refractivity contribution in [2.45, 2.75) is 34.2 Å². The van der Waals surface area contributed by atoms with E-state index in [0.717, 1.165) is 11.4 Å². The first-order valence-electron chi connectivity index (χ1n) is 4.97. The Morgan fingerprint density at radius 1 is 1.33 bits per heavy atom. The molecule has 0 amide bonds. The summed E-state index contributed by atoms with van der Waals surface area (Å²) < 4.78 is 0. The molecule has 1 rings (SSSR count). The van der Waals surface area contributed by atoms with Crippen molar-refractivity contribution in [1.82, 2.24) is 9.97 Å². The summed E-state index contributed by atoms with van der Waals surface area (Å²) >= 11 is 0. The molecule has 1 aromatic rings. The van der Waals surface area contributed by atoms with Gasteiger partial charge in [-0.05, 0) is 6.92 Å². The van der Waals surface area contributed by atoms with E-state index in [4.69, 9.17) is 5.73 Å². The number of aromatic nitrogens is 2. The van der Waals surface area contributed by atoms with Crippen LogP contribution in [0.25, 0.3) is 0 Å². The Morgan fingerprint density at radius 2 is 2.00 bits per heavy atom. The Bertz CT molecular complexity index is 346. The Balaban J connectivity index is 2.68. The van der Waals surface area contributed by atoms with Gasteiger partial charge in [-0.15, -0.1) is 0 Å². The van der Waals surface area contributed by atoms with Crippen molar-refractivity contribution < 1.29 is 0 Å². The van der Waals surface area contributed by atoms with Crippen molar-refractivity contribution in [2.24, 2.45) is 16.1 Å². The molecule has 4 nitrogen and oxygen atoms in total. The molecule has 0 aromatic carbocycles. The zero-order valence-corrected chi connectivity index (χ0v) is 9.78. The lowest BCUT2D eigenvalue weighted by molar-refractivity contribution is 0.581. The third-order valence-electron chi connectivity index (χ3n) is 2.01. The minimum absolute atomic E-state index is 0.0852. The monoisotopic (exact) mass is 206 g/mol. The second-order valence-electron chi connectivity index (χ2n) is 4.60. The number of amidine groups is 1. The number of rotatable bonds is 2. The van der Waals surface area contributed by atoms with E-state index in [1.165, 1.54) is 0 Å². The van der Waals surface area contributed by atoms with Crippen LogP contribution < -0.4 is 5.73 Å². The van der Waals surface area contributed by atoms with Gasteiger partial charge in [0, 0.05) is 11.6 Å². The minimum Gasteiger partial charge on any atom is -0.387 e. The summed E-state index contributed by atoms with van der Waals surface area (Å²) in [6.07, 6.45) is 3.47. The second-order valence-corrected chi connectivity index (χ2v) is 4.60. The van der Waals surface area contributed by atoms with Crippen LogP contribution in [0.4, 0.5) is 0 Å². The van der Waals surface area contributed by atoms with Crippen LogP contribution in [0.2, 0.25) is 0 Å². The number of hydrogen-bond donors (Lipinski definition) is 1. The lowest BCUT2D eigenvalue weighted by atomic mass is 9.95. The van der Waals surface area contributed by atoms with Gasteiger partial charge in [-0.1, -0.05) is 20.8 Å². The number of aryl methyl sites for hydroxylation is 1. The van der Waals surface area contributed by atoms with Gasteiger partial charge in [-0.3, -0.25) is 15.0 Å². The lowest BCUT2D eigenvalue weighted by Crippen LogP contribution is -2.29. The summed E-state index contributed by atoms with van der Waals surface area (Å²) in [5.41, 5.74) is 7.49. The van der Waals surface area contributed by atoms with E-state index in [-0.39, 0.29) is 5.41 Å². The molecule has 0 unspecified atom stereocenters. The second kappa shape index (κ2) is 4.38. The van der Waals surface area contributed by atoms with Crippen molar-refractivity contribution in [1.29, 1.82) is 0 Å². The topological polar surface area (TPSA) is 64.2 Å².